The number of nitrogens with zero attached hydrogens (tertiary/aromatic N) is 3. The maximum atomic E-state index is 8.85. The summed E-state index contributed by atoms with van der Waals surface area (Å²) < 4.78 is 1.95. The van der Waals surface area contributed by atoms with E-state index in [1.165, 1.54) is 5.56 Å². The molecule has 0 radical (unpaired) electrons. The second kappa shape index (κ2) is 4.06. The topological polar surface area (TPSA) is 41.6 Å². The summed E-state index contributed by atoms with van der Waals surface area (Å²) in [4.78, 5) is 0. The molecule has 0 fully saturated rings. The Kier molecular flexibility index (Phi) is 2.72. The lowest BCUT2D eigenvalue weighted by molar-refractivity contribution is 0.827. The van der Waals surface area contributed by atoms with Gasteiger partial charge in [0.1, 0.15) is 0 Å². The molecule has 1 aromatic heterocycles. The zero-order chi connectivity index (χ0) is 12.6. The maximum Gasteiger partial charge on any atom is 0.0991 e. The highest BCUT2D eigenvalue weighted by molar-refractivity contribution is 5.47. The van der Waals surface area contributed by atoms with Crippen LogP contribution in [-0.4, -0.2) is 9.78 Å². The summed E-state index contributed by atoms with van der Waals surface area (Å²) in [5, 5.41) is 13.4. The first kappa shape index (κ1) is 11.4. The van der Waals surface area contributed by atoms with E-state index in [9.17, 15) is 0 Å². The molecule has 2 rings (SSSR count). The van der Waals surface area contributed by atoms with Crippen LogP contribution in [-0.2, 0) is 0 Å². The maximum absolute atomic E-state index is 8.85. The van der Waals surface area contributed by atoms with Crippen LogP contribution in [0.3, 0.4) is 0 Å². The number of hydrogen-bond donors (Lipinski definition) is 0. The van der Waals surface area contributed by atoms with E-state index in [2.05, 4.69) is 25.0 Å². The molecule has 0 N–H and O–H groups in total. The van der Waals surface area contributed by atoms with Gasteiger partial charge in [-0.1, -0.05) is 0 Å². The molecule has 0 atom stereocenters. The largest absolute Gasteiger partial charge is 0.237 e. The summed E-state index contributed by atoms with van der Waals surface area (Å²) in [6.07, 6.45) is 0. The van der Waals surface area contributed by atoms with Crippen LogP contribution in [0.4, 0.5) is 0 Å². The van der Waals surface area contributed by atoms with Crippen LogP contribution in [0.15, 0.2) is 18.2 Å². The van der Waals surface area contributed by atoms with Crippen LogP contribution < -0.4 is 0 Å². The van der Waals surface area contributed by atoms with E-state index in [-0.39, 0.29) is 0 Å². The van der Waals surface area contributed by atoms with E-state index in [1.807, 2.05) is 36.7 Å². The minimum absolute atomic E-state index is 0.685. The lowest BCUT2D eigenvalue weighted by Gasteiger charge is -2.08. The van der Waals surface area contributed by atoms with Crippen molar-refractivity contribution in [3.63, 3.8) is 0 Å². The Morgan fingerprint density at radius 2 is 1.88 bits per heavy atom. The summed E-state index contributed by atoms with van der Waals surface area (Å²) in [5.41, 5.74) is 6.20. The third kappa shape index (κ3) is 1.83. The van der Waals surface area contributed by atoms with Gasteiger partial charge in [0.05, 0.1) is 23.0 Å². The van der Waals surface area contributed by atoms with Gasteiger partial charge in [-0.15, -0.1) is 0 Å². The average molecular weight is 225 g/mol. The van der Waals surface area contributed by atoms with Gasteiger partial charge in [0.25, 0.3) is 0 Å². The molecule has 0 amide bonds. The Hall–Kier alpha value is -2.08. The standard InChI is InChI=1S/C14H15N3/c1-9-7-13(8-15)5-6-14(9)17-12(4)10(2)11(3)16-17/h5-7H,1-4H3. The van der Waals surface area contributed by atoms with Crippen molar-refractivity contribution in [2.45, 2.75) is 27.7 Å². The number of benzene rings is 1. The summed E-state index contributed by atoms with van der Waals surface area (Å²) in [7, 11) is 0. The molecule has 0 aliphatic carbocycles. The fourth-order valence-electron chi connectivity index (χ4n) is 1.92. The summed E-state index contributed by atoms with van der Waals surface area (Å²) >= 11 is 0. The molecule has 0 aliphatic rings. The second-order valence-electron chi connectivity index (χ2n) is 4.32. The first-order valence-electron chi connectivity index (χ1n) is 5.58. The van der Waals surface area contributed by atoms with Crippen LogP contribution in [0.25, 0.3) is 5.69 Å². The third-order valence-electron chi connectivity index (χ3n) is 3.21. The first-order chi connectivity index (χ1) is 8.04. The minimum atomic E-state index is 0.685. The summed E-state index contributed by atoms with van der Waals surface area (Å²) in [6, 6.07) is 7.82. The molecular weight excluding hydrogens is 210 g/mol. The van der Waals surface area contributed by atoms with E-state index in [1.54, 1.807) is 0 Å². The van der Waals surface area contributed by atoms with Gasteiger partial charge in [-0.05, 0) is 57.0 Å². The Balaban J connectivity index is 2.62. The molecule has 0 bridgehead atoms. The smallest absolute Gasteiger partial charge is 0.0991 e. The molecular formula is C14H15N3. The molecule has 1 heterocycles. The number of rotatable bonds is 1. The normalized spacial score (nSPS) is 10.3. The molecule has 0 aliphatic heterocycles. The monoisotopic (exact) mass is 225 g/mol. The third-order valence-corrected chi connectivity index (χ3v) is 3.21. The zero-order valence-corrected chi connectivity index (χ0v) is 10.6. The van der Waals surface area contributed by atoms with Crippen LogP contribution in [0, 0.1) is 39.0 Å². The van der Waals surface area contributed by atoms with Crippen LogP contribution in [0.1, 0.15) is 28.1 Å². The number of aryl methyl sites for hydroxylation is 2. The molecule has 1 aromatic carbocycles. The fraction of sp³-hybridized carbons (Fsp3) is 0.286. The highest BCUT2D eigenvalue weighted by Gasteiger charge is 2.10. The van der Waals surface area contributed by atoms with Gasteiger partial charge in [-0.3, -0.25) is 0 Å². The molecule has 3 heteroatoms. The van der Waals surface area contributed by atoms with Crippen molar-refractivity contribution in [1.82, 2.24) is 9.78 Å². The molecule has 0 saturated carbocycles. The highest BCUT2D eigenvalue weighted by Crippen LogP contribution is 2.20. The molecule has 0 spiro atoms. The molecule has 17 heavy (non-hydrogen) atoms. The Morgan fingerprint density at radius 1 is 1.18 bits per heavy atom. The molecule has 86 valence electrons. The minimum Gasteiger partial charge on any atom is -0.237 e. The molecule has 0 saturated heterocycles. The predicted molar refractivity (Wildman–Crippen MR) is 67.2 cm³/mol. The Labute approximate surface area is 101 Å². The van der Waals surface area contributed by atoms with Gasteiger partial charge in [0.15, 0.2) is 0 Å². The van der Waals surface area contributed by atoms with Crippen molar-refractivity contribution in [1.29, 1.82) is 5.26 Å². The van der Waals surface area contributed by atoms with Crippen LogP contribution >= 0.6 is 0 Å². The van der Waals surface area contributed by atoms with Gasteiger partial charge in [0.2, 0.25) is 0 Å². The van der Waals surface area contributed by atoms with Crippen LogP contribution in [0.2, 0.25) is 0 Å². The number of hydrogen-bond acceptors (Lipinski definition) is 2. The van der Waals surface area contributed by atoms with E-state index in [0.29, 0.717) is 5.56 Å². The van der Waals surface area contributed by atoms with Crippen LogP contribution in [0.5, 0.6) is 0 Å². The van der Waals surface area contributed by atoms with Crippen molar-refractivity contribution in [2.24, 2.45) is 0 Å². The van der Waals surface area contributed by atoms with Crippen molar-refractivity contribution in [2.75, 3.05) is 0 Å². The molecule has 3 nitrogen and oxygen atoms in total. The van der Waals surface area contributed by atoms with Crippen molar-refractivity contribution < 1.29 is 0 Å². The average Bonchev–Trinajstić information content (AvgIpc) is 2.57. The lowest BCUT2D eigenvalue weighted by atomic mass is 10.1. The van der Waals surface area contributed by atoms with Gasteiger partial charge < -0.3 is 0 Å². The Morgan fingerprint density at radius 3 is 2.35 bits per heavy atom. The zero-order valence-electron chi connectivity index (χ0n) is 10.6. The van der Waals surface area contributed by atoms with E-state index in [4.69, 9.17) is 5.26 Å². The predicted octanol–water partition coefficient (Wildman–Crippen LogP) is 2.98. The summed E-state index contributed by atoms with van der Waals surface area (Å²) in [5.74, 6) is 0. The fourth-order valence-corrected chi connectivity index (χ4v) is 1.92. The summed E-state index contributed by atoms with van der Waals surface area (Å²) in [6.45, 7) is 8.15. The molecule has 0 unspecified atom stereocenters. The highest BCUT2D eigenvalue weighted by atomic mass is 15.3. The number of aromatic nitrogens is 2. The lowest BCUT2D eigenvalue weighted by Crippen LogP contribution is -2.02. The van der Waals surface area contributed by atoms with Gasteiger partial charge in [-0.2, -0.15) is 10.4 Å². The van der Waals surface area contributed by atoms with Gasteiger partial charge >= 0.3 is 0 Å². The van der Waals surface area contributed by atoms with E-state index < -0.39 is 0 Å². The SMILES string of the molecule is Cc1cc(C#N)ccc1-n1nc(C)c(C)c1C. The van der Waals surface area contributed by atoms with E-state index in [0.717, 1.165) is 22.6 Å². The quantitative estimate of drug-likeness (QED) is 0.748. The second-order valence-corrected chi connectivity index (χ2v) is 4.32. The van der Waals surface area contributed by atoms with Gasteiger partial charge in [0, 0.05) is 5.69 Å². The van der Waals surface area contributed by atoms with Crippen molar-refractivity contribution >= 4 is 0 Å². The number of nitriles is 1. The first-order valence-corrected chi connectivity index (χ1v) is 5.58. The Bertz CT molecular complexity index is 615. The van der Waals surface area contributed by atoms with Crippen molar-refractivity contribution in [3.05, 3.63) is 46.3 Å². The van der Waals surface area contributed by atoms with Gasteiger partial charge in [-0.25, -0.2) is 4.68 Å². The molecule has 2 aromatic rings. The van der Waals surface area contributed by atoms with Crippen molar-refractivity contribution in [3.8, 4) is 11.8 Å². The van der Waals surface area contributed by atoms with E-state index >= 15 is 0 Å².